The summed E-state index contributed by atoms with van der Waals surface area (Å²) in [5.41, 5.74) is -0.445. The number of carbonyl (C=O) groups is 3. The van der Waals surface area contributed by atoms with Crippen molar-refractivity contribution in [2.75, 3.05) is 18.5 Å². The molecule has 1 aliphatic heterocycles. The molecule has 0 atom stereocenters. The number of amides is 3. The molecular weight excluding hydrogens is 525 g/mol. The molecule has 3 rings (SSSR count). The van der Waals surface area contributed by atoms with Gasteiger partial charge in [-0.05, 0) is 69.7 Å². The SMILES string of the molecule is C#CCOc1ccc(/C=C2\SC(=O)N(CC(=O)Nc3cccc(C(F)(F)F)c3)C2=O)cc1Br. The van der Waals surface area contributed by atoms with E-state index in [1.165, 1.54) is 12.1 Å². The van der Waals surface area contributed by atoms with Gasteiger partial charge in [-0.1, -0.05) is 18.1 Å². The molecule has 0 aliphatic carbocycles. The number of rotatable bonds is 6. The largest absolute Gasteiger partial charge is 0.480 e. The van der Waals surface area contributed by atoms with Crippen molar-refractivity contribution in [3.63, 3.8) is 0 Å². The van der Waals surface area contributed by atoms with Crippen LogP contribution in [-0.2, 0) is 15.8 Å². The summed E-state index contributed by atoms with van der Waals surface area (Å²) < 4.78 is 44.4. The fraction of sp³-hybridized carbons (Fsp3) is 0.136. The number of imide groups is 1. The van der Waals surface area contributed by atoms with E-state index in [0.717, 1.165) is 23.1 Å². The van der Waals surface area contributed by atoms with Gasteiger partial charge in [0, 0.05) is 5.69 Å². The Labute approximate surface area is 199 Å². The number of hydrogen-bond donors (Lipinski definition) is 1. The number of terminal acetylenes is 1. The van der Waals surface area contributed by atoms with Gasteiger partial charge in [0.15, 0.2) is 0 Å². The van der Waals surface area contributed by atoms with Gasteiger partial charge >= 0.3 is 6.18 Å². The Morgan fingerprint density at radius 2 is 2.00 bits per heavy atom. The predicted octanol–water partition coefficient (Wildman–Crippen LogP) is 5.15. The van der Waals surface area contributed by atoms with Crippen molar-refractivity contribution in [3.05, 3.63) is 63.0 Å². The van der Waals surface area contributed by atoms with E-state index >= 15 is 0 Å². The molecular formula is C22H14BrF3N2O4S. The van der Waals surface area contributed by atoms with Crippen LogP contribution >= 0.6 is 27.7 Å². The second-order valence-corrected chi connectivity index (χ2v) is 8.42. The Balaban J connectivity index is 1.68. The van der Waals surface area contributed by atoms with Crippen LogP contribution in [0.15, 0.2) is 51.8 Å². The normalized spacial score (nSPS) is 15.0. The number of thioether (sulfide) groups is 1. The monoisotopic (exact) mass is 538 g/mol. The highest BCUT2D eigenvalue weighted by Crippen LogP contribution is 2.34. The molecule has 1 N–H and O–H groups in total. The van der Waals surface area contributed by atoms with Crippen molar-refractivity contribution >= 4 is 56.5 Å². The summed E-state index contributed by atoms with van der Waals surface area (Å²) in [6.45, 7) is -0.555. The van der Waals surface area contributed by atoms with E-state index in [1.54, 1.807) is 18.2 Å². The fourth-order valence-electron chi connectivity index (χ4n) is 2.75. The van der Waals surface area contributed by atoms with Crippen LogP contribution in [0.4, 0.5) is 23.7 Å². The van der Waals surface area contributed by atoms with Crippen molar-refractivity contribution in [2.45, 2.75) is 6.18 Å². The van der Waals surface area contributed by atoms with E-state index in [2.05, 4.69) is 27.2 Å². The molecule has 2 aromatic carbocycles. The zero-order valence-electron chi connectivity index (χ0n) is 16.6. The summed E-state index contributed by atoms with van der Waals surface area (Å²) in [4.78, 5) is 37.9. The lowest BCUT2D eigenvalue weighted by Gasteiger charge is -2.13. The molecule has 33 heavy (non-hydrogen) atoms. The maximum atomic E-state index is 12.8. The number of alkyl halides is 3. The van der Waals surface area contributed by atoms with Crippen molar-refractivity contribution in [2.24, 2.45) is 0 Å². The van der Waals surface area contributed by atoms with Crippen LogP contribution in [0.1, 0.15) is 11.1 Å². The molecule has 0 aromatic heterocycles. The highest BCUT2D eigenvalue weighted by molar-refractivity contribution is 9.10. The molecule has 0 unspecified atom stereocenters. The van der Waals surface area contributed by atoms with E-state index < -0.39 is 35.3 Å². The molecule has 0 saturated carbocycles. The molecule has 1 saturated heterocycles. The molecule has 0 radical (unpaired) electrons. The quantitative estimate of drug-likeness (QED) is 0.406. The highest BCUT2D eigenvalue weighted by atomic mass is 79.9. The lowest BCUT2D eigenvalue weighted by Crippen LogP contribution is -2.36. The number of nitrogens with one attached hydrogen (secondary N) is 1. The van der Waals surface area contributed by atoms with Gasteiger partial charge in [0.2, 0.25) is 5.91 Å². The molecule has 0 spiro atoms. The van der Waals surface area contributed by atoms with Crippen LogP contribution in [-0.4, -0.2) is 35.1 Å². The number of ether oxygens (including phenoxy) is 1. The number of nitrogens with zero attached hydrogens (tertiary/aromatic N) is 1. The maximum absolute atomic E-state index is 12.8. The zero-order chi connectivity index (χ0) is 24.2. The number of benzene rings is 2. The molecule has 0 bridgehead atoms. The van der Waals surface area contributed by atoms with E-state index in [4.69, 9.17) is 11.2 Å². The van der Waals surface area contributed by atoms with E-state index in [0.29, 0.717) is 27.5 Å². The van der Waals surface area contributed by atoms with Crippen molar-refractivity contribution < 1.29 is 32.3 Å². The summed E-state index contributed by atoms with van der Waals surface area (Å²) in [5, 5.41) is 1.60. The highest BCUT2D eigenvalue weighted by Gasteiger charge is 2.36. The van der Waals surface area contributed by atoms with Gasteiger partial charge < -0.3 is 10.1 Å². The predicted molar refractivity (Wildman–Crippen MR) is 121 cm³/mol. The lowest BCUT2D eigenvalue weighted by molar-refractivity contribution is -0.137. The fourth-order valence-corrected chi connectivity index (χ4v) is 4.10. The molecule has 6 nitrogen and oxygen atoms in total. The summed E-state index contributed by atoms with van der Waals surface area (Å²) in [6.07, 6.45) is 2.06. The van der Waals surface area contributed by atoms with Crippen LogP contribution in [0.25, 0.3) is 6.08 Å². The Hall–Kier alpha value is -3.23. The summed E-state index contributed by atoms with van der Waals surface area (Å²) >= 11 is 3.98. The van der Waals surface area contributed by atoms with Crippen molar-refractivity contribution in [1.29, 1.82) is 0 Å². The number of hydrogen-bond acceptors (Lipinski definition) is 5. The first kappa shape index (κ1) is 24.4. The Kier molecular flexibility index (Phi) is 7.50. The van der Waals surface area contributed by atoms with Crippen LogP contribution < -0.4 is 10.1 Å². The molecule has 1 aliphatic rings. The smallest absolute Gasteiger partial charge is 0.416 e. The average Bonchev–Trinajstić information content (AvgIpc) is 3.00. The van der Waals surface area contributed by atoms with Crippen LogP contribution in [0.5, 0.6) is 5.75 Å². The van der Waals surface area contributed by atoms with E-state index in [1.807, 2.05) is 0 Å². The van der Waals surface area contributed by atoms with E-state index in [-0.39, 0.29) is 17.2 Å². The molecule has 2 aromatic rings. The summed E-state index contributed by atoms with van der Waals surface area (Å²) in [5.74, 6) is 1.35. The van der Waals surface area contributed by atoms with Gasteiger partial charge in [0.25, 0.3) is 11.1 Å². The first-order valence-corrected chi connectivity index (χ1v) is 10.8. The lowest BCUT2D eigenvalue weighted by atomic mass is 10.2. The minimum Gasteiger partial charge on any atom is -0.480 e. The van der Waals surface area contributed by atoms with E-state index in [9.17, 15) is 27.6 Å². The van der Waals surface area contributed by atoms with Gasteiger partial charge in [-0.2, -0.15) is 13.2 Å². The minimum atomic E-state index is -4.57. The molecule has 3 amide bonds. The Morgan fingerprint density at radius 1 is 1.24 bits per heavy atom. The first-order valence-electron chi connectivity index (χ1n) is 9.17. The van der Waals surface area contributed by atoms with Gasteiger partial charge in [0.05, 0.1) is 14.9 Å². The Morgan fingerprint density at radius 3 is 2.67 bits per heavy atom. The summed E-state index contributed by atoms with van der Waals surface area (Å²) in [6, 6.07) is 9.01. The third-order valence-electron chi connectivity index (χ3n) is 4.21. The number of carbonyl (C=O) groups excluding carboxylic acids is 3. The van der Waals surface area contributed by atoms with Crippen LogP contribution in [0, 0.1) is 12.3 Å². The first-order chi connectivity index (χ1) is 15.6. The number of halogens is 4. The minimum absolute atomic E-state index is 0.0827. The summed E-state index contributed by atoms with van der Waals surface area (Å²) in [7, 11) is 0. The third-order valence-corrected chi connectivity index (χ3v) is 5.74. The molecule has 11 heteroatoms. The standard InChI is InChI=1S/C22H14BrF3N2O4S/c1-2-8-32-17-7-6-13(9-16(17)23)10-18-20(30)28(21(31)33-18)12-19(29)27-15-5-3-4-14(11-15)22(24,25)26/h1,3-7,9-11H,8,12H2,(H,27,29)/b18-10-. The molecule has 1 heterocycles. The zero-order valence-corrected chi connectivity index (χ0v) is 19.0. The maximum Gasteiger partial charge on any atom is 0.416 e. The molecule has 1 fully saturated rings. The third kappa shape index (κ3) is 6.18. The Bertz CT molecular complexity index is 1190. The second-order valence-electron chi connectivity index (χ2n) is 6.58. The van der Waals surface area contributed by atoms with Crippen molar-refractivity contribution in [3.8, 4) is 18.1 Å². The van der Waals surface area contributed by atoms with Gasteiger partial charge in [-0.3, -0.25) is 19.3 Å². The van der Waals surface area contributed by atoms with Crippen LogP contribution in [0.2, 0.25) is 0 Å². The van der Waals surface area contributed by atoms with Gasteiger partial charge in [0.1, 0.15) is 18.9 Å². The van der Waals surface area contributed by atoms with Gasteiger partial charge in [-0.15, -0.1) is 6.42 Å². The molecule has 170 valence electrons. The second kappa shape index (κ2) is 10.1. The van der Waals surface area contributed by atoms with Crippen molar-refractivity contribution in [1.82, 2.24) is 4.90 Å². The van der Waals surface area contributed by atoms with Gasteiger partial charge in [-0.25, -0.2) is 0 Å². The van der Waals surface area contributed by atoms with Crippen LogP contribution in [0.3, 0.4) is 0 Å². The topological polar surface area (TPSA) is 75.7 Å². The average molecular weight is 539 g/mol. The number of anilines is 1.